The molecule has 5 heteroatoms. The van der Waals surface area contributed by atoms with Crippen LogP contribution in [0.25, 0.3) is 0 Å². The molecule has 2 amide bonds. The number of pyridine rings is 1. The van der Waals surface area contributed by atoms with Gasteiger partial charge in [0.05, 0.1) is 0 Å². The van der Waals surface area contributed by atoms with Crippen LogP contribution >= 0.6 is 0 Å². The molecule has 2 aromatic rings. The van der Waals surface area contributed by atoms with Crippen LogP contribution in [-0.4, -0.2) is 39.7 Å². The van der Waals surface area contributed by atoms with Gasteiger partial charge in [-0.1, -0.05) is 48.0 Å². The number of amides is 2. The lowest BCUT2D eigenvalue weighted by atomic mass is 9.79. The second-order valence-corrected chi connectivity index (χ2v) is 8.36. The highest BCUT2D eigenvalue weighted by atomic mass is 16.2. The number of aryl methyl sites for hydroxylation is 2. The molecule has 1 aromatic carbocycles. The Balaban J connectivity index is 1.67. The van der Waals surface area contributed by atoms with Gasteiger partial charge in [0.25, 0.3) is 11.8 Å². The largest absolute Gasteiger partial charge is 0.309 e. The second kappa shape index (κ2) is 6.94. The minimum absolute atomic E-state index is 0.0280. The van der Waals surface area contributed by atoms with E-state index in [1.165, 1.54) is 0 Å². The van der Waals surface area contributed by atoms with E-state index in [1.54, 1.807) is 6.07 Å². The van der Waals surface area contributed by atoms with Gasteiger partial charge < -0.3 is 9.80 Å². The molecule has 2 fully saturated rings. The number of rotatable bonds is 2. The molecule has 1 unspecified atom stereocenters. The van der Waals surface area contributed by atoms with Crippen LogP contribution in [0.2, 0.25) is 0 Å². The van der Waals surface area contributed by atoms with Crippen LogP contribution in [0.15, 0.2) is 65.8 Å². The fourth-order valence-electron chi connectivity index (χ4n) is 5.01. The predicted molar refractivity (Wildman–Crippen MR) is 115 cm³/mol. The van der Waals surface area contributed by atoms with Crippen molar-refractivity contribution in [1.82, 2.24) is 14.8 Å². The molecular formula is C25H25N3O2. The third-order valence-electron chi connectivity index (χ3n) is 6.47. The number of allylic oxidation sites excluding steroid dienone is 2. The summed E-state index contributed by atoms with van der Waals surface area (Å²) < 4.78 is 0. The van der Waals surface area contributed by atoms with Crippen molar-refractivity contribution in [3.63, 3.8) is 0 Å². The molecule has 152 valence electrons. The fraction of sp³-hybridized carbons (Fsp3) is 0.320. The van der Waals surface area contributed by atoms with Crippen LogP contribution in [0.1, 0.15) is 46.6 Å². The molecule has 3 aliphatic rings. The normalized spacial score (nSPS) is 22.9. The number of aromatic nitrogens is 1. The van der Waals surface area contributed by atoms with Gasteiger partial charge in [-0.25, -0.2) is 4.98 Å². The summed E-state index contributed by atoms with van der Waals surface area (Å²) in [5.74, 6) is -0.0984. The van der Waals surface area contributed by atoms with E-state index in [9.17, 15) is 9.59 Å². The standard InChI is InChI=1S/C25H25N3O2/c1-17-10-12-20(13-11-17)25-16-19-7-3-4-8-21(19)23(29)27(25)14-15-28(25)24(30)22-9-5-6-18(2)26-22/h5-13H,3-4,14-16H2,1-2H3. The number of hydrogen-bond acceptors (Lipinski definition) is 3. The molecule has 0 N–H and O–H groups in total. The number of benzene rings is 1. The van der Waals surface area contributed by atoms with Crippen molar-refractivity contribution < 1.29 is 9.59 Å². The first-order valence-electron chi connectivity index (χ1n) is 10.5. The topological polar surface area (TPSA) is 53.5 Å². The van der Waals surface area contributed by atoms with Crippen LogP contribution in [-0.2, 0) is 10.5 Å². The minimum Gasteiger partial charge on any atom is -0.309 e. The summed E-state index contributed by atoms with van der Waals surface area (Å²) in [5.41, 5.74) is 4.42. The molecule has 5 rings (SSSR count). The van der Waals surface area contributed by atoms with E-state index in [1.807, 2.05) is 35.8 Å². The number of fused-ring (bicyclic) bond motifs is 2. The second-order valence-electron chi connectivity index (χ2n) is 8.36. The van der Waals surface area contributed by atoms with Crippen LogP contribution in [0.3, 0.4) is 0 Å². The lowest BCUT2D eigenvalue weighted by Crippen LogP contribution is -2.58. The molecule has 5 nitrogen and oxygen atoms in total. The Kier molecular flexibility index (Phi) is 4.35. The Morgan fingerprint density at radius 2 is 1.77 bits per heavy atom. The Labute approximate surface area is 176 Å². The maximum atomic E-state index is 13.7. The van der Waals surface area contributed by atoms with E-state index >= 15 is 0 Å². The first-order chi connectivity index (χ1) is 14.5. The van der Waals surface area contributed by atoms with Crippen molar-refractivity contribution in [2.24, 2.45) is 0 Å². The molecule has 0 saturated carbocycles. The lowest BCUT2D eigenvalue weighted by Gasteiger charge is -2.48. The third-order valence-corrected chi connectivity index (χ3v) is 6.47. The summed E-state index contributed by atoms with van der Waals surface area (Å²) in [7, 11) is 0. The number of hydrogen-bond donors (Lipinski definition) is 0. The van der Waals surface area contributed by atoms with Crippen molar-refractivity contribution in [2.45, 2.75) is 38.8 Å². The van der Waals surface area contributed by atoms with E-state index in [4.69, 9.17) is 0 Å². The molecule has 2 saturated heterocycles. The molecule has 0 bridgehead atoms. The zero-order valence-corrected chi connectivity index (χ0v) is 17.4. The Bertz CT molecular complexity index is 1100. The van der Waals surface area contributed by atoms with Crippen molar-refractivity contribution in [3.8, 4) is 0 Å². The van der Waals surface area contributed by atoms with Gasteiger partial charge in [-0.15, -0.1) is 0 Å². The van der Waals surface area contributed by atoms with Gasteiger partial charge in [0.1, 0.15) is 11.4 Å². The van der Waals surface area contributed by atoms with Crippen molar-refractivity contribution in [1.29, 1.82) is 0 Å². The highest BCUT2D eigenvalue weighted by Gasteiger charge is 2.56. The van der Waals surface area contributed by atoms with Gasteiger partial charge in [-0.2, -0.15) is 0 Å². The average molecular weight is 399 g/mol. The Morgan fingerprint density at radius 1 is 1.00 bits per heavy atom. The van der Waals surface area contributed by atoms with Gasteiger partial charge in [0, 0.05) is 30.8 Å². The van der Waals surface area contributed by atoms with Gasteiger partial charge in [-0.05, 0) is 50.0 Å². The summed E-state index contributed by atoms with van der Waals surface area (Å²) in [5, 5.41) is 0. The fourth-order valence-corrected chi connectivity index (χ4v) is 5.01. The Hall–Kier alpha value is -3.21. The first-order valence-corrected chi connectivity index (χ1v) is 10.5. The van der Waals surface area contributed by atoms with Gasteiger partial charge >= 0.3 is 0 Å². The van der Waals surface area contributed by atoms with Gasteiger partial charge in [0.15, 0.2) is 0 Å². The van der Waals surface area contributed by atoms with E-state index < -0.39 is 5.66 Å². The van der Waals surface area contributed by atoms with Crippen LogP contribution in [0, 0.1) is 13.8 Å². The van der Waals surface area contributed by atoms with E-state index in [0.717, 1.165) is 40.8 Å². The summed E-state index contributed by atoms with van der Waals surface area (Å²) in [6.45, 7) is 4.95. The minimum atomic E-state index is -0.812. The molecule has 1 aromatic heterocycles. The maximum Gasteiger partial charge on any atom is 0.274 e. The van der Waals surface area contributed by atoms with Gasteiger partial charge in [-0.3, -0.25) is 9.59 Å². The SMILES string of the molecule is Cc1ccc(C23CC4=CCCC=C4C(=O)N2CCN3C(=O)c2cccc(C)n2)cc1. The molecule has 0 spiro atoms. The summed E-state index contributed by atoms with van der Waals surface area (Å²) >= 11 is 0. The van der Waals surface area contributed by atoms with E-state index in [0.29, 0.717) is 25.2 Å². The zero-order valence-electron chi connectivity index (χ0n) is 17.4. The van der Waals surface area contributed by atoms with Crippen molar-refractivity contribution >= 4 is 11.8 Å². The molecule has 30 heavy (non-hydrogen) atoms. The van der Waals surface area contributed by atoms with Crippen molar-refractivity contribution in [2.75, 3.05) is 13.1 Å². The summed E-state index contributed by atoms with van der Waals surface area (Å²) in [6, 6.07) is 13.7. The quantitative estimate of drug-likeness (QED) is 0.770. The molecule has 3 heterocycles. The lowest BCUT2D eigenvalue weighted by molar-refractivity contribution is -0.136. The van der Waals surface area contributed by atoms with Gasteiger partial charge in [0.2, 0.25) is 0 Å². The molecular weight excluding hydrogens is 374 g/mol. The highest BCUT2D eigenvalue weighted by Crippen LogP contribution is 2.49. The molecule has 2 aliphatic heterocycles. The monoisotopic (exact) mass is 399 g/mol. The smallest absolute Gasteiger partial charge is 0.274 e. The molecule has 0 radical (unpaired) electrons. The third kappa shape index (κ3) is 2.72. The number of carbonyl (C=O) groups excluding carboxylic acids is 2. The number of nitrogens with zero attached hydrogens (tertiary/aromatic N) is 3. The number of piperidine rings is 1. The number of carbonyl (C=O) groups is 2. The molecule has 1 atom stereocenters. The van der Waals surface area contributed by atoms with Crippen LogP contribution in [0.4, 0.5) is 0 Å². The maximum absolute atomic E-state index is 13.7. The summed E-state index contributed by atoms with van der Waals surface area (Å²) in [6.07, 6.45) is 6.68. The predicted octanol–water partition coefficient (Wildman–Crippen LogP) is 3.89. The first kappa shape index (κ1) is 18.8. The summed E-state index contributed by atoms with van der Waals surface area (Å²) in [4.78, 5) is 35.4. The van der Waals surface area contributed by atoms with E-state index in [-0.39, 0.29) is 11.8 Å². The van der Waals surface area contributed by atoms with Crippen LogP contribution in [0.5, 0.6) is 0 Å². The molecule has 1 aliphatic carbocycles. The average Bonchev–Trinajstić information content (AvgIpc) is 3.14. The van der Waals surface area contributed by atoms with Crippen LogP contribution < -0.4 is 0 Å². The highest BCUT2D eigenvalue weighted by molar-refractivity contribution is 6.02. The van der Waals surface area contributed by atoms with E-state index in [2.05, 4.69) is 41.4 Å². The zero-order chi connectivity index (χ0) is 20.9. The van der Waals surface area contributed by atoms with Crippen molar-refractivity contribution in [3.05, 3.63) is 88.3 Å². The Morgan fingerprint density at radius 3 is 2.53 bits per heavy atom.